The first-order valence-electron chi connectivity index (χ1n) is 9.42. The second kappa shape index (κ2) is 9.58. The topological polar surface area (TPSA) is 99.0 Å². The lowest BCUT2D eigenvalue weighted by molar-refractivity contribution is -0.385. The molecule has 0 bridgehead atoms. The number of esters is 1. The van der Waals surface area contributed by atoms with Crippen molar-refractivity contribution in [1.82, 2.24) is 4.90 Å². The van der Waals surface area contributed by atoms with Gasteiger partial charge in [0.25, 0.3) is 11.6 Å². The second-order valence-corrected chi connectivity index (χ2v) is 7.37. The van der Waals surface area contributed by atoms with Crippen LogP contribution in [0.4, 0.5) is 5.69 Å². The van der Waals surface area contributed by atoms with E-state index in [0.717, 1.165) is 0 Å². The highest BCUT2D eigenvalue weighted by atomic mass is 35.5. The third kappa shape index (κ3) is 5.07. The van der Waals surface area contributed by atoms with Gasteiger partial charge in [-0.2, -0.15) is 0 Å². The summed E-state index contributed by atoms with van der Waals surface area (Å²) in [6.45, 7) is 0.774. The van der Waals surface area contributed by atoms with Gasteiger partial charge >= 0.3 is 5.97 Å². The summed E-state index contributed by atoms with van der Waals surface area (Å²) in [4.78, 5) is 37.2. The molecule has 1 fully saturated rings. The Balaban J connectivity index is 1.54. The van der Waals surface area contributed by atoms with Gasteiger partial charge in [0.1, 0.15) is 12.4 Å². The minimum absolute atomic E-state index is 0.0974. The number of rotatable bonds is 6. The van der Waals surface area contributed by atoms with Gasteiger partial charge in [0, 0.05) is 41.4 Å². The van der Waals surface area contributed by atoms with Crippen LogP contribution >= 0.6 is 11.6 Å². The Morgan fingerprint density at radius 2 is 1.83 bits per heavy atom. The van der Waals surface area contributed by atoms with E-state index < -0.39 is 4.92 Å². The maximum Gasteiger partial charge on any atom is 0.309 e. The highest BCUT2D eigenvalue weighted by molar-refractivity contribution is 6.30. The number of hydrogen-bond acceptors (Lipinski definition) is 6. The Morgan fingerprint density at radius 3 is 2.43 bits per heavy atom. The Morgan fingerprint density at radius 1 is 1.17 bits per heavy atom. The smallest absolute Gasteiger partial charge is 0.309 e. The van der Waals surface area contributed by atoms with Crippen LogP contribution in [0.5, 0.6) is 5.75 Å². The molecule has 0 spiro atoms. The van der Waals surface area contributed by atoms with Crippen molar-refractivity contribution in [2.45, 2.75) is 19.4 Å². The van der Waals surface area contributed by atoms with Crippen molar-refractivity contribution in [2.75, 3.05) is 20.2 Å². The van der Waals surface area contributed by atoms with Crippen LogP contribution < -0.4 is 4.74 Å². The molecule has 0 unspecified atom stereocenters. The maximum atomic E-state index is 12.6. The van der Waals surface area contributed by atoms with Crippen molar-refractivity contribution in [3.8, 4) is 5.75 Å². The van der Waals surface area contributed by atoms with Crippen molar-refractivity contribution >= 4 is 29.2 Å². The van der Waals surface area contributed by atoms with Crippen molar-refractivity contribution in [3.63, 3.8) is 0 Å². The number of amides is 1. The molecule has 0 N–H and O–H groups in total. The highest BCUT2D eigenvalue weighted by Gasteiger charge is 2.29. The Bertz CT molecular complexity index is 939. The van der Waals surface area contributed by atoms with E-state index in [0.29, 0.717) is 47.8 Å². The number of carbonyl (C=O) groups is 2. The summed E-state index contributed by atoms with van der Waals surface area (Å²) >= 11 is 5.86. The molecule has 0 saturated carbocycles. The van der Waals surface area contributed by atoms with Crippen LogP contribution in [0.15, 0.2) is 42.5 Å². The van der Waals surface area contributed by atoms with Gasteiger partial charge in [0.15, 0.2) is 0 Å². The zero-order valence-electron chi connectivity index (χ0n) is 16.4. The number of nitro groups is 1. The summed E-state index contributed by atoms with van der Waals surface area (Å²) in [6.07, 6.45) is 0.981. The number of benzene rings is 2. The first-order valence-corrected chi connectivity index (χ1v) is 9.79. The summed E-state index contributed by atoms with van der Waals surface area (Å²) < 4.78 is 10.6. The minimum Gasteiger partial charge on any atom is -0.496 e. The van der Waals surface area contributed by atoms with Crippen LogP contribution in [0.25, 0.3) is 0 Å². The summed E-state index contributed by atoms with van der Waals surface area (Å²) in [6, 6.07) is 10.8. The third-order valence-electron chi connectivity index (χ3n) is 5.05. The summed E-state index contributed by atoms with van der Waals surface area (Å²) in [5, 5.41) is 11.5. The maximum absolute atomic E-state index is 12.6. The van der Waals surface area contributed by atoms with E-state index in [2.05, 4.69) is 0 Å². The summed E-state index contributed by atoms with van der Waals surface area (Å²) in [5.41, 5.74) is 0.879. The number of non-ortho nitro benzene ring substituents is 1. The second-order valence-electron chi connectivity index (χ2n) is 6.93. The number of hydrogen-bond donors (Lipinski definition) is 0. The van der Waals surface area contributed by atoms with Crippen molar-refractivity contribution in [2.24, 2.45) is 5.92 Å². The fourth-order valence-corrected chi connectivity index (χ4v) is 3.48. The molecule has 8 nitrogen and oxygen atoms in total. The van der Waals surface area contributed by atoms with Crippen molar-refractivity contribution < 1.29 is 24.0 Å². The van der Waals surface area contributed by atoms with E-state index in [4.69, 9.17) is 21.1 Å². The minimum atomic E-state index is -0.516. The average Bonchev–Trinajstić information content (AvgIpc) is 2.77. The monoisotopic (exact) mass is 432 g/mol. The first-order chi connectivity index (χ1) is 14.4. The lowest BCUT2D eigenvalue weighted by Crippen LogP contribution is -2.40. The summed E-state index contributed by atoms with van der Waals surface area (Å²) in [5.74, 6) is -0.400. The number of likely N-dealkylation sites (tertiary alicyclic amines) is 1. The average molecular weight is 433 g/mol. The molecule has 30 heavy (non-hydrogen) atoms. The van der Waals surface area contributed by atoms with Crippen LogP contribution in [0.2, 0.25) is 5.02 Å². The molecule has 1 heterocycles. The lowest BCUT2D eigenvalue weighted by Gasteiger charge is -2.31. The number of halogens is 1. The fraction of sp³-hybridized carbons (Fsp3) is 0.333. The van der Waals surface area contributed by atoms with Gasteiger partial charge in [0.05, 0.1) is 18.0 Å². The van der Waals surface area contributed by atoms with E-state index in [1.165, 1.54) is 25.3 Å². The molecule has 0 aromatic heterocycles. The van der Waals surface area contributed by atoms with Gasteiger partial charge in [0.2, 0.25) is 0 Å². The molecule has 1 amide bonds. The predicted octanol–water partition coefficient (Wildman–Crippen LogP) is 3.85. The van der Waals surface area contributed by atoms with Gasteiger partial charge in [-0.3, -0.25) is 19.7 Å². The zero-order valence-corrected chi connectivity index (χ0v) is 17.1. The van der Waals surface area contributed by atoms with Gasteiger partial charge in [-0.15, -0.1) is 0 Å². The fourth-order valence-electron chi connectivity index (χ4n) is 3.35. The largest absolute Gasteiger partial charge is 0.496 e. The Hall–Kier alpha value is -3.13. The molecular formula is C21H21ClN2O6. The number of methoxy groups -OCH3 is 1. The van der Waals surface area contributed by atoms with Crippen molar-refractivity contribution in [3.05, 3.63) is 68.7 Å². The Labute approximate surface area is 178 Å². The molecule has 1 aliphatic rings. The predicted molar refractivity (Wildman–Crippen MR) is 110 cm³/mol. The molecule has 1 saturated heterocycles. The SMILES string of the molecule is COc1ccc([N+](=O)[O-])cc1COC(=O)C1CCN(C(=O)c2ccc(Cl)cc2)CC1. The quantitative estimate of drug-likeness (QED) is 0.390. The number of carbonyl (C=O) groups excluding carboxylic acids is 2. The van der Waals surface area contributed by atoms with Crippen molar-refractivity contribution in [1.29, 1.82) is 0 Å². The molecule has 158 valence electrons. The van der Waals surface area contributed by atoms with Crippen LogP contribution in [0, 0.1) is 16.0 Å². The molecule has 0 atom stereocenters. The van der Waals surface area contributed by atoms with Gasteiger partial charge in [-0.25, -0.2) is 0 Å². The standard InChI is InChI=1S/C21H21ClN2O6/c1-29-19-7-6-18(24(27)28)12-16(19)13-30-21(26)15-8-10-23(11-9-15)20(25)14-2-4-17(22)5-3-14/h2-7,12,15H,8-11,13H2,1H3. The molecule has 9 heteroatoms. The molecule has 1 aliphatic heterocycles. The van der Waals surface area contributed by atoms with Crippen LogP contribution in [-0.2, 0) is 16.1 Å². The molecule has 3 rings (SSSR count). The van der Waals surface area contributed by atoms with Gasteiger partial charge < -0.3 is 14.4 Å². The molecule has 0 radical (unpaired) electrons. The Kier molecular flexibility index (Phi) is 6.89. The van der Waals surface area contributed by atoms with Gasteiger partial charge in [-0.05, 0) is 43.2 Å². The van der Waals surface area contributed by atoms with Crippen LogP contribution in [0.1, 0.15) is 28.8 Å². The number of nitrogens with zero attached hydrogens (tertiary/aromatic N) is 2. The first kappa shape index (κ1) is 21.6. The zero-order chi connectivity index (χ0) is 21.7. The van der Waals surface area contributed by atoms with E-state index in [9.17, 15) is 19.7 Å². The summed E-state index contributed by atoms with van der Waals surface area (Å²) in [7, 11) is 1.44. The molecule has 0 aliphatic carbocycles. The molecular weight excluding hydrogens is 412 g/mol. The van der Waals surface area contributed by atoms with E-state index >= 15 is 0 Å². The van der Waals surface area contributed by atoms with E-state index in [1.807, 2.05) is 0 Å². The van der Waals surface area contributed by atoms with E-state index in [1.54, 1.807) is 29.2 Å². The van der Waals surface area contributed by atoms with Crippen LogP contribution in [-0.4, -0.2) is 41.9 Å². The third-order valence-corrected chi connectivity index (χ3v) is 5.30. The van der Waals surface area contributed by atoms with E-state index in [-0.39, 0.29) is 30.1 Å². The van der Waals surface area contributed by atoms with Crippen LogP contribution in [0.3, 0.4) is 0 Å². The number of ether oxygens (including phenoxy) is 2. The number of nitro benzene ring substituents is 1. The molecule has 2 aromatic carbocycles. The van der Waals surface area contributed by atoms with Gasteiger partial charge in [-0.1, -0.05) is 11.6 Å². The highest BCUT2D eigenvalue weighted by Crippen LogP contribution is 2.26. The lowest BCUT2D eigenvalue weighted by atomic mass is 9.96. The number of piperidine rings is 1. The molecule has 2 aromatic rings. The normalized spacial score (nSPS) is 14.3.